The van der Waals surface area contributed by atoms with Crippen LogP contribution in [0, 0.1) is 0 Å². The van der Waals surface area contributed by atoms with Crippen LogP contribution in [0.1, 0.15) is 29.8 Å². The van der Waals surface area contributed by atoms with Gasteiger partial charge in [0.25, 0.3) is 0 Å². The fourth-order valence-corrected chi connectivity index (χ4v) is 2.28. The van der Waals surface area contributed by atoms with Crippen LogP contribution in [0.3, 0.4) is 0 Å². The van der Waals surface area contributed by atoms with Crippen molar-refractivity contribution in [2.75, 3.05) is 19.7 Å². The molecule has 1 amide bonds. The summed E-state index contributed by atoms with van der Waals surface area (Å²) in [5.74, 6) is -0.915. The molecule has 0 aliphatic carbocycles. The minimum absolute atomic E-state index is 0.0458. The van der Waals surface area contributed by atoms with Gasteiger partial charge >= 0.3 is 5.97 Å². The summed E-state index contributed by atoms with van der Waals surface area (Å²) in [7, 11) is 0. The van der Waals surface area contributed by atoms with Crippen molar-refractivity contribution in [2.24, 2.45) is 0 Å². The number of hydrogen-bond acceptors (Lipinski definition) is 3. The Hall–Kier alpha value is -1.88. The number of rotatable bonds is 3. The van der Waals surface area contributed by atoms with Crippen LogP contribution in [0.15, 0.2) is 24.3 Å². The topological polar surface area (TPSA) is 66.8 Å². The molecule has 1 saturated heterocycles. The van der Waals surface area contributed by atoms with Gasteiger partial charge in [-0.25, -0.2) is 4.79 Å². The Balaban J connectivity index is 1.99. The molecule has 5 heteroatoms. The maximum absolute atomic E-state index is 12.2. The summed E-state index contributed by atoms with van der Waals surface area (Å²) < 4.78 is 5.58. The van der Waals surface area contributed by atoms with Gasteiger partial charge in [-0.2, -0.15) is 0 Å². The summed E-state index contributed by atoms with van der Waals surface area (Å²) in [5, 5.41) is 8.83. The molecule has 0 aromatic heterocycles. The first-order valence-corrected chi connectivity index (χ1v) is 6.61. The number of hydrogen-bond donors (Lipinski definition) is 1. The summed E-state index contributed by atoms with van der Waals surface area (Å²) in [4.78, 5) is 24.8. The second kappa shape index (κ2) is 5.63. The molecule has 108 valence electrons. The van der Waals surface area contributed by atoms with Gasteiger partial charge in [-0.1, -0.05) is 12.1 Å². The Kier molecular flexibility index (Phi) is 4.09. The lowest BCUT2D eigenvalue weighted by Crippen LogP contribution is -2.51. The molecule has 0 radical (unpaired) electrons. The van der Waals surface area contributed by atoms with Crippen LogP contribution in [-0.4, -0.2) is 47.2 Å². The predicted octanol–water partition coefficient (Wildman–Crippen LogP) is 1.56. The van der Waals surface area contributed by atoms with E-state index in [4.69, 9.17) is 9.84 Å². The van der Waals surface area contributed by atoms with Gasteiger partial charge in [0.2, 0.25) is 5.91 Å². The lowest BCUT2D eigenvalue weighted by atomic mass is 10.1. The van der Waals surface area contributed by atoms with Crippen LogP contribution in [0.2, 0.25) is 0 Å². The number of carbonyl (C=O) groups excluding carboxylic acids is 1. The van der Waals surface area contributed by atoms with Crippen molar-refractivity contribution in [3.05, 3.63) is 35.4 Å². The van der Waals surface area contributed by atoms with Crippen molar-refractivity contribution in [3.8, 4) is 0 Å². The Morgan fingerprint density at radius 3 is 2.50 bits per heavy atom. The van der Waals surface area contributed by atoms with Crippen LogP contribution in [0.4, 0.5) is 0 Å². The van der Waals surface area contributed by atoms with E-state index in [0.717, 1.165) is 5.56 Å². The smallest absolute Gasteiger partial charge is 0.335 e. The van der Waals surface area contributed by atoms with Gasteiger partial charge in [-0.05, 0) is 31.5 Å². The third kappa shape index (κ3) is 3.57. The number of aromatic carboxylic acids is 1. The van der Waals surface area contributed by atoms with Crippen molar-refractivity contribution in [1.82, 2.24) is 4.90 Å². The number of ether oxygens (including phenoxy) is 1. The van der Waals surface area contributed by atoms with E-state index < -0.39 is 5.97 Å². The zero-order chi connectivity index (χ0) is 14.8. The monoisotopic (exact) mass is 277 g/mol. The van der Waals surface area contributed by atoms with E-state index in [-0.39, 0.29) is 23.5 Å². The van der Waals surface area contributed by atoms with Crippen molar-refractivity contribution in [2.45, 2.75) is 25.9 Å². The number of amides is 1. The molecule has 1 aliphatic rings. The second-order valence-corrected chi connectivity index (χ2v) is 5.60. The van der Waals surface area contributed by atoms with E-state index in [1.807, 2.05) is 13.8 Å². The summed E-state index contributed by atoms with van der Waals surface area (Å²) in [6, 6.07) is 6.42. The van der Waals surface area contributed by atoms with E-state index in [1.165, 1.54) is 12.1 Å². The summed E-state index contributed by atoms with van der Waals surface area (Å²) in [6.07, 6.45) is 0.288. The van der Waals surface area contributed by atoms with Crippen molar-refractivity contribution < 1.29 is 19.4 Å². The van der Waals surface area contributed by atoms with E-state index >= 15 is 0 Å². The highest BCUT2D eigenvalue weighted by Crippen LogP contribution is 2.17. The van der Waals surface area contributed by atoms with E-state index in [2.05, 4.69) is 0 Å². The Bertz CT molecular complexity index is 507. The zero-order valence-electron chi connectivity index (χ0n) is 11.8. The van der Waals surface area contributed by atoms with Gasteiger partial charge in [0.05, 0.1) is 24.2 Å². The molecule has 20 heavy (non-hydrogen) atoms. The first kappa shape index (κ1) is 14.5. The molecule has 0 unspecified atom stereocenters. The summed E-state index contributed by atoms with van der Waals surface area (Å²) >= 11 is 0. The highest BCUT2D eigenvalue weighted by molar-refractivity contribution is 5.87. The maximum Gasteiger partial charge on any atom is 0.335 e. The quantitative estimate of drug-likeness (QED) is 0.910. The van der Waals surface area contributed by atoms with Crippen LogP contribution in [0.25, 0.3) is 0 Å². The highest BCUT2D eigenvalue weighted by atomic mass is 16.5. The van der Waals surface area contributed by atoms with Crippen LogP contribution in [-0.2, 0) is 16.0 Å². The molecule has 0 bridgehead atoms. The van der Waals surface area contributed by atoms with Crippen molar-refractivity contribution in [3.63, 3.8) is 0 Å². The number of benzene rings is 1. The summed E-state index contributed by atoms with van der Waals surface area (Å²) in [5.41, 5.74) is 0.749. The second-order valence-electron chi connectivity index (χ2n) is 5.60. The van der Waals surface area contributed by atoms with Gasteiger partial charge in [-0.3, -0.25) is 4.79 Å². The molecular formula is C15H19NO4. The van der Waals surface area contributed by atoms with Crippen LogP contribution in [0.5, 0.6) is 0 Å². The molecule has 1 aliphatic heterocycles. The molecule has 0 spiro atoms. The fourth-order valence-electron chi connectivity index (χ4n) is 2.28. The minimum atomic E-state index is -0.960. The fraction of sp³-hybridized carbons (Fsp3) is 0.467. The molecule has 2 rings (SSSR count). The standard InChI is InChI=1S/C15H19NO4/c1-15(2)10-16(7-8-20-15)13(17)9-11-3-5-12(6-4-11)14(18)19/h3-6H,7-10H2,1-2H3,(H,18,19). The van der Waals surface area contributed by atoms with E-state index in [9.17, 15) is 9.59 Å². The largest absolute Gasteiger partial charge is 0.478 e. The van der Waals surface area contributed by atoms with E-state index in [1.54, 1.807) is 17.0 Å². The maximum atomic E-state index is 12.2. The summed E-state index contributed by atoms with van der Waals surface area (Å²) in [6.45, 7) is 5.67. The van der Waals surface area contributed by atoms with Crippen LogP contribution >= 0.6 is 0 Å². The predicted molar refractivity (Wildman–Crippen MR) is 73.7 cm³/mol. The van der Waals surface area contributed by atoms with Gasteiger partial charge in [0, 0.05) is 13.1 Å². The number of carboxylic acids is 1. The normalized spacial score (nSPS) is 17.8. The van der Waals surface area contributed by atoms with Gasteiger partial charge in [-0.15, -0.1) is 0 Å². The van der Waals surface area contributed by atoms with Gasteiger partial charge < -0.3 is 14.7 Å². The number of carboxylic acid groups (broad SMARTS) is 1. The first-order valence-electron chi connectivity index (χ1n) is 6.61. The highest BCUT2D eigenvalue weighted by Gasteiger charge is 2.29. The number of morpholine rings is 1. The van der Waals surface area contributed by atoms with Crippen molar-refractivity contribution in [1.29, 1.82) is 0 Å². The minimum Gasteiger partial charge on any atom is -0.478 e. The molecule has 1 N–H and O–H groups in total. The molecular weight excluding hydrogens is 258 g/mol. The number of carbonyl (C=O) groups is 2. The average molecular weight is 277 g/mol. The number of nitrogens with zero attached hydrogens (tertiary/aromatic N) is 1. The zero-order valence-corrected chi connectivity index (χ0v) is 11.8. The SMILES string of the molecule is CC1(C)CN(C(=O)Cc2ccc(C(=O)O)cc2)CCO1. The molecule has 1 aromatic carbocycles. The molecule has 1 aromatic rings. The lowest BCUT2D eigenvalue weighted by molar-refractivity contribution is -0.145. The molecule has 1 fully saturated rings. The first-order chi connectivity index (χ1) is 9.37. The Morgan fingerprint density at radius 1 is 1.30 bits per heavy atom. The molecule has 0 atom stereocenters. The Labute approximate surface area is 118 Å². The molecule has 0 saturated carbocycles. The average Bonchev–Trinajstić information content (AvgIpc) is 2.38. The lowest BCUT2D eigenvalue weighted by Gasteiger charge is -2.38. The third-order valence-electron chi connectivity index (χ3n) is 3.33. The van der Waals surface area contributed by atoms with Gasteiger partial charge in [0.15, 0.2) is 0 Å². The van der Waals surface area contributed by atoms with Gasteiger partial charge in [0.1, 0.15) is 0 Å². The van der Waals surface area contributed by atoms with Crippen LogP contribution < -0.4 is 0 Å². The Morgan fingerprint density at radius 2 is 1.95 bits per heavy atom. The molecule has 5 nitrogen and oxygen atoms in total. The van der Waals surface area contributed by atoms with E-state index in [0.29, 0.717) is 19.7 Å². The van der Waals surface area contributed by atoms with Crippen molar-refractivity contribution >= 4 is 11.9 Å². The third-order valence-corrected chi connectivity index (χ3v) is 3.33. The molecule has 1 heterocycles.